The lowest BCUT2D eigenvalue weighted by molar-refractivity contribution is -0.141. The van der Waals surface area contributed by atoms with E-state index in [9.17, 15) is 4.79 Å². The zero-order valence-corrected chi connectivity index (χ0v) is 9.34. The normalized spacial score (nSPS) is 29.1. The summed E-state index contributed by atoms with van der Waals surface area (Å²) in [5, 5.41) is 9.06. The van der Waals surface area contributed by atoms with Crippen LogP contribution < -0.4 is 0 Å². The van der Waals surface area contributed by atoms with Gasteiger partial charge in [0, 0.05) is 0 Å². The van der Waals surface area contributed by atoms with Gasteiger partial charge in [0.2, 0.25) is 0 Å². The maximum atomic E-state index is 11.0. The van der Waals surface area contributed by atoms with Gasteiger partial charge in [0.1, 0.15) is 0 Å². The van der Waals surface area contributed by atoms with Gasteiger partial charge in [-0.1, -0.05) is 32.4 Å². The van der Waals surface area contributed by atoms with Crippen molar-refractivity contribution >= 4 is 5.97 Å². The summed E-state index contributed by atoms with van der Waals surface area (Å²) < 4.78 is 0. The van der Waals surface area contributed by atoms with E-state index in [4.69, 9.17) is 5.11 Å². The number of carboxylic acids is 1. The predicted molar refractivity (Wildman–Crippen MR) is 57.1 cm³/mol. The number of rotatable bonds is 2. The Balaban J connectivity index is 2.81. The molecule has 2 heteroatoms. The third-order valence-electron chi connectivity index (χ3n) is 3.00. The van der Waals surface area contributed by atoms with E-state index >= 15 is 0 Å². The first-order chi connectivity index (χ1) is 6.46. The summed E-state index contributed by atoms with van der Waals surface area (Å²) in [6, 6.07) is 0. The van der Waals surface area contributed by atoms with Crippen LogP contribution in [0.15, 0.2) is 11.6 Å². The number of carbonyl (C=O) groups is 1. The minimum Gasteiger partial charge on any atom is -0.481 e. The fourth-order valence-corrected chi connectivity index (χ4v) is 2.24. The fraction of sp³-hybridized carbons (Fsp3) is 0.750. The molecule has 1 aliphatic rings. The van der Waals surface area contributed by atoms with Gasteiger partial charge in [-0.15, -0.1) is 0 Å². The minimum absolute atomic E-state index is 0.219. The Morgan fingerprint density at radius 3 is 2.79 bits per heavy atom. The number of hydrogen-bond donors (Lipinski definition) is 1. The van der Waals surface area contributed by atoms with Crippen LogP contribution in [0, 0.1) is 11.3 Å². The highest BCUT2D eigenvalue weighted by Gasteiger charge is 2.33. The number of aliphatic carboxylic acids is 1. The molecule has 0 aliphatic heterocycles. The maximum Gasteiger partial charge on any atom is 0.310 e. The molecule has 1 aliphatic carbocycles. The van der Waals surface area contributed by atoms with E-state index in [1.807, 2.05) is 0 Å². The summed E-state index contributed by atoms with van der Waals surface area (Å²) in [6.07, 6.45) is 5.80. The van der Waals surface area contributed by atoms with Crippen LogP contribution in [-0.2, 0) is 4.79 Å². The predicted octanol–water partition coefficient (Wildman–Crippen LogP) is 3.23. The first kappa shape index (κ1) is 11.3. The Bertz CT molecular complexity index is 251. The molecule has 0 radical (unpaired) electrons. The summed E-state index contributed by atoms with van der Waals surface area (Å²) in [6.45, 7) is 6.50. The minimum atomic E-state index is -0.653. The smallest absolute Gasteiger partial charge is 0.310 e. The van der Waals surface area contributed by atoms with Crippen LogP contribution in [-0.4, -0.2) is 11.1 Å². The lowest BCUT2D eigenvalue weighted by Gasteiger charge is -2.35. The highest BCUT2D eigenvalue weighted by atomic mass is 16.4. The summed E-state index contributed by atoms with van der Waals surface area (Å²) in [5.74, 6) is -0.872. The van der Waals surface area contributed by atoms with Gasteiger partial charge in [-0.25, -0.2) is 0 Å². The van der Waals surface area contributed by atoms with Gasteiger partial charge < -0.3 is 5.11 Å². The van der Waals surface area contributed by atoms with Crippen molar-refractivity contribution < 1.29 is 9.90 Å². The Morgan fingerprint density at radius 2 is 2.29 bits per heavy atom. The van der Waals surface area contributed by atoms with E-state index in [1.165, 1.54) is 0 Å². The second kappa shape index (κ2) is 4.16. The number of carboxylic acid groups (broad SMARTS) is 1. The largest absolute Gasteiger partial charge is 0.481 e. The Hall–Kier alpha value is -0.790. The highest BCUT2D eigenvalue weighted by Crippen LogP contribution is 2.41. The van der Waals surface area contributed by atoms with E-state index in [0.717, 1.165) is 31.3 Å². The second-order valence-corrected chi connectivity index (χ2v) is 4.96. The van der Waals surface area contributed by atoms with Crippen molar-refractivity contribution in [1.82, 2.24) is 0 Å². The summed E-state index contributed by atoms with van der Waals surface area (Å²) >= 11 is 0. The molecule has 1 atom stereocenters. The van der Waals surface area contributed by atoms with Crippen molar-refractivity contribution in [3.63, 3.8) is 0 Å². The highest BCUT2D eigenvalue weighted by molar-refractivity contribution is 5.73. The van der Waals surface area contributed by atoms with Gasteiger partial charge in [0.15, 0.2) is 0 Å². The molecule has 0 saturated heterocycles. The average Bonchev–Trinajstić information content (AvgIpc) is 2.02. The van der Waals surface area contributed by atoms with Crippen molar-refractivity contribution in [3.8, 4) is 0 Å². The molecule has 14 heavy (non-hydrogen) atoms. The van der Waals surface area contributed by atoms with Crippen molar-refractivity contribution in [2.75, 3.05) is 0 Å². The molecule has 80 valence electrons. The van der Waals surface area contributed by atoms with Crippen molar-refractivity contribution in [1.29, 1.82) is 0 Å². The molecule has 0 aromatic rings. The van der Waals surface area contributed by atoms with Crippen LogP contribution in [0.4, 0.5) is 0 Å². The molecule has 0 bridgehead atoms. The van der Waals surface area contributed by atoms with Gasteiger partial charge in [0.25, 0.3) is 0 Å². The molecule has 1 N–H and O–H groups in total. The third kappa shape index (κ3) is 2.60. The average molecular weight is 196 g/mol. The first-order valence-electron chi connectivity index (χ1n) is 5.38. The Labute approximate surface area is 86.0 Å². The molecule has 0 spiro atoms. The molecule has 1 fully saturated rings. The van der Waals surface area contributed by atoms with Gasteiger partial charge in [0.05, 0.1) is 5.92 Å². The molecule has 1 unspecified atom stereocenters. The van der Waals surface area contributed by atoms with E-state index in [1.54, 1.807) is 0 Å². The molecular formula is C12H20O2. The summed E-state index contributed by atoms with van der Waals surface area (Å²) in [5.41, 5.74) is 1.42. The van der Waals surface area contributed by atoms with Crippen molar-refractivity contribution in [3.05, 3.63) is 11.6 Å². The molecule has 0 amide bonds. The summed E-state index contributed by atoms with van der Waals surface area (Å²) in [7, 11) is 0. The maximum absolute atomic E-state index is 11.0. The molecule has 1 rings (SSSR count). The Kier molecular flexibility index (Phi) is 3.35. The topological polar surface area (TPSA) is 37.3 Å². The van der Waals surface area contributed by atoms with Gasteiger partial charge in [-0.3, -0.25) is 4.79 Å². The zero-order chi connectivity index (χ0) is 10.8. The van der Waals surface area contributed by atoms with Crippen LogP contribution in [0.5, 0.6) is 0 Å². The van der Waals surface area contributed by atoms with E-state index in [-0.39, 0.29) is 11.3 Å². The standard InChI is InChI=1S/C12H20O2/c1-4-5-9-8-12(2,3)7-6-10(9)11(13)14/h5,10H,4,6-8H2,1-3H3,(H,13,14)/b9-5+. The van der Waals surface area contributed by atoms with E-state index in [0.29, 0.717) is 0 Å². The lowest BCUT2D eigenvalue weighted by Crippen LogP contribution is -2.28. The number of allylic oxidation sites excluding steroid dienone is 1. The van der Waals surface area contributed by atoms with Gasteiger partial charge >= 0.3 is 5.97 Å². The zero-order valence-electron chi connectivity index (χ0n) is 9.34. The van der Waals surface area contributed by atoms with Crippen LogP contribution in [0.3, 0.4) is 0 Å². The van der Waals surface area contributed by atoms with E-state index in [2.05, 4.69) is 26.8 Å². The summed E-state index contributed by atoms with van der Waals surface area (Å²) in [4.78, 5) is 11.0. The number of hydrogen-bond acceptors (Lipinski definition) is 1. The molecular weight excluding hydrogens is 176 g/mol. The SMILES string of the molecule is CC/C=C1\CC(C)(C)CCC1C(=O)O. The molecule has 0 heterocycles. The van der Waals surface area contributed by atoms with Crippen LogP contribution in [0.1, 0.15) is 46.5 Å². The monoisotopic (exact) mass is 196 g/mol. The second-order valence-electron chi connectivity index (χ2n) is 4.96. The first-order valence-corrected chi connectivity index (χ1v) is 5.38. The van der Waals surface area contributed by atoms with Gasteiger partial charge in [-0.05, 0) is 31.1 Å². The quantitative estimate of drug-likeness (QED) is 0.688. The van der Waals surface area contributed by atoms with Gasteiger partial charge in [-0.2, -0.15) is 0 Å². The third-order valence-corrected chi connectivity index (χ3v) is 3.00. The van der Waals surface area contributed by atoms with Crippen LogP contribution >= 0.6 is 0 Å². The van der Waals surface area contributed by atoms with E-state index < -0.39 is 5.97 Å². The van der Waals surface area contributed by atoms with Crippen LogP contribution in [0.25, 0.3) is 0 Å². The molecule has 1 saturated carbocycles. The Morgan fingerprint density at radius 1 is 1.64 bits per heavy atom. The molecule has 2 nitrogen and oxygen atoms in total. The van der Waals surface area contributed by atoms with Crippen molar-refractivity contribution in [2.24, 2.45) is 11.3 Å². The molecule has 0 aromatic carbocycles. The van der Waals surface area contributed by atoms with Crippen LogP contribution in [0.2, 0.25) is 0 Å². The fourth-order valence-electron chi connectivity index (χ4n) is 2.24. The molecule has 0 aromatic heterocycles. The lowest BCUT2D eigenvalue weighted by atomic mass is 9.70. The van der Waals surface area contributed by atoms with Crippen molar-refractivity contribution in [2.45, 2.75) is 46.5 Å².